The van der Waals surface area contributed by atoms with Crippen LogP contribution < -0.4 is 0 Å². The summed E-state index contributed by atoms with van der Waals surface area (Å²) in [4.78, 5) is 14.6. The van der Waals surface area contributed by atoms with E-state index in [1.165, 1.54) is 0 Å². The maximum absolute atomic E-state index is 12.7. The van der Waals surface area contributed by atoms with Gasteiger partial charge < -0.3 is 9.32 Å². The van der Waals surface area contributed by atoms with Crippen molar-refractivity contribution in [2.75, 3.05) is 13.1 Å². The lowest BCUT2D eigenvalue weighted by atomic mass is 10.1. The fourth-order valence-corrected chi connectivity index (χ4v) is 3.15. The van der Waals surface area contributed by atoms with Crippen LogP contribution in [0.1, 0.15) is 35.1 Å². The second-order valence-electron chi connectivity index (χ2n) is 6.11. The number of hydrogen-bond donors (Lipinski definition) is 1. The van der Waals surface area contributed by atoms with Gasteiger partial charge in [0.05, 0.1) is 6.04 Å². The van der Waals surface area contributed by atoms with Crippen LogP contribution in [0.25, 0.3) is 11.5 Å². The Morgan fingerprint density at radius 2 is 2.33 bits per heavy atom. The summed E-state index contributed by atoms with van der Waals surface area (Å²) in [6.45, 7) is 3.29. The maximum atomic E-state index is 12.7. The minimum Gasteiger partial charge on any atom is -0.460 e. The molecule has 24 heavy (non-hydrogen) atoms. The normalized spacial score (nSPS) is 18.0. The zero-order chi connectivity index (χ0) is 16.5. The van der Waals surface area contributed by atoms with Crippen molar-refractivity contribution in [3.8, 4) is 11.5 Å². The van der Waals surface area contributed by atoms with E-state index in [0.29, 0.717) is 23.7 Å². The van der Waals surface area contributed by atoms with Gasteiger partial charge in [-0.25, -0.2) is 0 Å². The van der Waals surface area contributed by atoms with E-state index in [-0.39, 0.29) is 11.9 Å². The Balaban J connectivity index is 1.50. The topological polar surface area (TPSA) is 80.0 Å². The number of likely N-dealkylation sites (tertiary alicyclic amines) is 1. The third kappa shape index (κ3) is 2.73. The van der Waals surface area contributed by atoms with Crippen LogP contribution in [0.4, 0.5) is 0 Å². The van der Waals surface area contributed by atoms with E-state index in [1.807, 2.05) is 40.9 Å². The summed E-state index contributed by atoms with van der Waals surface area (Å²) < 4.78 is 7.50. The SMILES string of the molecule is Cc1ccc(-c2cc(C(=O)N3CCC[C@H](n4cccn4)C3)n[nH]2)o1. The Bertz CT molecular complexity index is 833. The molecule has 1 saturated heterocycles. The van der Waals surface area contributed by atoms with E-state index in [4.69, 9.17) is 4.42 Å². The van der Waals surface area contributed by atoms with Gasteiger partial charge in [-0.15, -0.1) is 0 Å². The summed E-state index contributed by atoms with van der Waals surface area (Å²) in [5, 5.41) is 11.3. The summed E-state index contributed by atoms with van der Waals surface area (Å²) in [6, 6.07) is 7.64. The van der Waals surface area contributed by atoms with Crippen LogP contribution >= 0.6 is 0 Å². The lowest BCUT2D eigenvalue weighted by molar-refractivity contribution is 0.0667. The molecule has 3 aromatic heterocycles. The molecule has 1 N–H and O–H groups in total. The highest BCUT2D eigenvalue weighted by atomic mass is 16.3. The number of amides is 1. The van der Waals surface area contributed by atoms with Crippen LogP contribution in [0.2, 0.25) is 0 Å². The highest BCUT2D eigenvalue weighted by Crippen LogP contribution is 2.24. The van der Waals surface area contributed by atoms with Gasteiger partial charge in [0.2, 0.25) is 0 Å². The van der Waals surface area contributed by atoms with Crippen LogP contribution in [0.5, 0.6) is 0 Å². The average molecular weight is 325 g/mol. The minimum absolute atomic E-state index is 0.0577. The molecule has 0 radical (unpaired) electrons. The van der Waals surface area contributed by atoms with Gasteiger partial charge in [0.1, 0.15) is 11.5 Å². The van der Waals surface area contributed by atoms with E-state index in [0.717, 1.165) is 25.1 Å². The van der Waals surface area contributed by atoms with E-state index < -0.39 is 0 Å². The molecule has 3 aromatic rings. The van der Waals surface area contributed by atoms with Gasteiger partial charge in [-0.1, -0.05) is 0 Å². The van der Waals surface area contributed by atoms with E-state index in [1.54, 1.807) is 12.3 Å². The van der Waals surface area contributed by atoms with Gasteiger partial charge in [0.15, 0.2) is 11.5 Å². The van der Waals surface area contributed by atoms with Crippen molar-refractivity contribution >= 4 is 5.91 Å². The molecule has 1 atom stereocenters. The van der Waals surface area contributed by atoms with Crippen LogP contribution in [0.3, 0.4) is 0 Å². The van der Waals surface area contributed by atoms with Gasteiger partial charge in [-0.05, 0) is 38.0 Å². The van der Waals surface area contributed by atoms with Gasteiger partial charge in [0, 0.05) is 31.5 Å². The van der Waals surface area contributed by atoms with Crippen LogP contribution in [0, 0.1) is 6.92 Å². The summed E-state index contributed by atoms with van der Waals surface area (Å²) in [5.41, 5.74) is 1.13. The van der Waals surface area contributed by atoms with Crippen molar-refractivity contribution in [1.29, 1.82) is 0 Å². The molecule has 7 nitrogen and oxygen atoms in total. The number of furan rings is 1. The number of aromatic amines is 1. The Morgan fingerprint density at radius 3 is 3.08 bits per heavy atom. The number of aryl methyl sites for hydroxylation is 1. The fourth-order valence-electron chi connectivity index (χ4n) is 3.15. The number of rotatable bonds is 3. The molecule has 0 aliphatic carbocycles. The first-order valence-electron chi connectivity index (χ1n) is 8.11. The number of aromatic nitrogens is 4. The van der Waals surface area contributed by atoms with Crippen LogP contribution in [-0.2, 0) is 0 Å². The molecule has 0 aromatic carbocycles. The monoisotopic (exact) mass is 325 g/mol. The Morgan fingerprint density at radius 1 is 1.42 bits per heavy atom. The molecule has 1 amide bonds. The number of nitrogens with one attached hydrogen (secondary N) is 1. The third-order valence-electron chi connectivity index (χ3n) is 4.39. The van der Waals surface area contributed by atoms with E-state index >= 15 is 0 Å². The first-order chi connectivity index (χ1) is 11.7. The number of carbonyl (C=O) groups excluding carboxylic acids is 1. The molecule has 4 rings (SSSR count). The number of H-pyrrole nitrogens is 1. The molecule has 0 saturated carbocycles. The maximum Gasteiger partial charge on any atom is 0.274 e. The highest BCUT2D eigenvalue weighted by Gasteiger charge is 2.27. The standard InChI is InChI=1S/C17H19N5O2/c1-12-5-6-16(24-12)14-10-15(20-19-14)17(23)21-8-2-4-13(11-21)22-9-3-7-18-22/h3,5-7,9-10,13H,2,4,8,11H2,1H3,(H,19,20)/t13-/m0/s1. The van der Waals surface area contributed by atoms with Crippen molar-refractivity contribution in [2.45, 2.75) is 25.8 Å². The van der Waals surface area contributed by atoms with Gasteiger partial charge in [-0.2, -0.15) is 10.2 Å². The molecule has 7 heteroatoms. The zero-order valence-electron chi connectivity index (χ0n) is 13.5. The summed E-state index contributed by atoms with van der Waals surface area (Å²) >= 11 is 0. The van der Waals surface area contributed by atoms with Crippen LogP contribution in [0.15, 0.2) is 41.1 Å². The van der Waals surface area contributed by atoms with Crippen LogP contribution in [-0.4, -0.2) is 43.9 Å². The predicted molar refractivity (Wildman–Crippen MR) is 87.4 cm³/mol. The highest BCUT2D eigenvalue weighted by molar-refractivity contribution is 5.93. The summed E-state index contributed by atoms with van der Waals surface area (Å²) in [7, 11) is 0. The number of carbonyl (C=O) groups is 1. The first-order valence-corrected chi connectivity index (χ1v) is 8.11. The molecule has 0 bridgehead atoms. The van der Waals surface area contributed by atoms with Crippen molar-refractivity contribution < 1.29 is 9.21 Å². The second-order valence-corrected chi connectivity index (χ2v) is 6.11. The lowest BCUT2D eigenvalue weighted by Crippen LogP contribution is -2.41. The molecule has 1 fully saturated rings. The van der Waals surface area contributed by atoms with E-state index in [2.05, 4.69) is 15.3 Å². The molecule has 1 aliphatic rings. The average Bonchev–Trinajstić information content (AvgIpc) is 3.35. The number of hydrogen-bond acceptors (Lipinski definition) is 4. The third-order valence-corrected chi connectivity index (χ3v) is 4.39. The van der Waals surface area contributed by atoms with Gasteiger partial charge in [0.25, 0.3) is 5.91 Å². The number of nitrogens with zero attached hydrogens (tertiary/aromatic N) is 4. The largest absolute Gasteiger partial charge is 0.460 e. The van der Waals surface area contributed by atoms with E-state index in [9.17, 15) is 4.79 Å². The molecule has 0 unspecified atom stereocenters. The molecule has 4 heterocycles. The zero-order valence-corrected chi connectivity index (χ0v) is 13.5. The lowest BCUT2D eigenvalue weighted by Gasteiger charge is -2.32. The quantitative estimate of drug-likeness (QED) is 0.803. The fraction of sp³-hybridized carbons (Fsp3) is 0.353. The molecule has 0 spiro atoms. The smallest absolute Gasteiger partial charge is 0.274 e. The molecular formula is C17H19N5O2. The molecular weight excluding hydrogens is 306 g/mol. The second kappa shape index (κ2) is 5.99. The molecule has 124 valence electrons. The van der Waals surface area contributed by atoms with Crippen molar-refractivity contribution in [2.24, 2.45) is 0 Å². The number of piperidine rings is 1. The summed E-state index contributed by atoms with van der Waals surface area (Å²) in [6.07, 6.45) is 5.71. The summed E-state index contributed by atoms with van der Waals surface area (Å²) in [5.74, 6) is 1.45. The van der Waals surface area contributed by atoms with Crippen molar-refractivity contribution in [1.82, 2.24) is 24.9 Å². The van der Waals surface area contributed by atoms with Gasteiger partial charge in [-0.3, -0.25) is 14.6 Å². The van der Waals surface area contributed by atoms with Crippen molar-refractivity contribution in [3.63, 3.8) is 0 Å². The van der Waals surface area contributed by atoms with Crippen molar-refractivity contribution in [3.05, 3.63) is 48.1 Å². The van der Waals surface area contributed by atoms with Gasteiger partial charge >= 0.3 is 0 Å². The predicted octanol–water partition coefficient (Wildman–Crippen LogP) is 2.65. The Labute approximate surface area is 139 Å². The first kappa shape index (κ1) is 14.7. The molecule has 1 aliphatic heterocycles. The Hall–Kier alpha value is -2.83. The Kier molecular flexibility index (Phi) is 3.68. The minimum atomic E-state index is -0.0577.